The highest BCUT2D eigenvalue weighted by atomic mass is 32.1. The summed E-state index contributed by atoms with van der Waals surface area (Å²) in [5.74, 6) is 1.27. The average Bonchev–Trinajstić information content (AvgIpc) is 2.63. The van der Waals surface area contributed by atoms with Crippen molar-refractivity contribution in [3.05, 3.63) is 22.6 Å². The number of hydrogen-bond donors (Lipinski definition) is 2. The summed E-state index contributed by atoms with van der Waals surface area (Å²) in [5.41, 5.74) is 9.30. The second-order valence-corrected chi connectivity index (χ2v) is 5.54. The first-order valence-corrected chi connectivity index (χ1v) is 7.08. The van der Waals surface area contributed by atoms with E-state index in [4.69, 9.17) is 5.73 Å². The van der Waals surface area contributed by atoms with Gasteiger partial charge in [0.1, 0.15) is 5.82 Å². The lowest BCUT2D eigenvalue weighted by atomic mass is 10.1. The molecule has 0 amide bonds. The van der Waals surface area contributed by atoms with E-state index < -0.39 is 0 Å². The first-order valence-electron chi connectivity index (χ1n) is 6.20. The lowest BCUT2D eigenvalue weighted by Gasteiger charge is -2.11. The molecule has 4 nitrogen and oxygen atoms in total. The lowest BCUT2D eigenvalue weighted by Crippen LogP contribution is -2.07. The number of nitrogens with one attached hydrogen (secondary N) is 1. The molecule has 3 rings (SSSR count). The molecule has 0 saturated carbocycles. The van der Waals surface area contributed by atoms with E-state index in [-0.39, 0.29) is 0 Å². The molecular formula is C13H16N4S. The summed E-state index contributed by atoms with van der Waals surface area (Å²) in [6.45, 7) is 3.06. The third-order valence-corrected chi connectivity index (χ3v) is 4.19. The molecule has 0 bridgehead atoms. The van der Waals surface area contributed by atoms with E-state index in [1.165, 1.54) is 28.8 Å². The quantitative estimate of drug-likeness (QED) is 0.827. The van der Waals surface area contributed by atoms with E-state index in [0.717, 1.165) is 24.5 Å². The molecule has 2 aromatic heterocycles. The molecular weight excluding hydrogens is 244 g/mol. The largest absolute Gasteiger partial charge is 0.370 e. The minimum Gasteiger partial charge on any atom is -0.370 e. The third kappa shape index (κ3) is 2.06. The van der Waals surface area contributed by atoms with Crippen molar-refractivity contribution in [1.82, 2.24) is 9.97 Å². The Labute approximate surface area is 110 Å². The summed E-state index contributed by atoms with van der Waals surface area (Å²) in [5, 5.41) is 5.50. The number of nitrogens with two attached hydrogens (primary N) is 1. The molecule has 0 saturated heterocycles. The standard InChI is InChI=1S/C13H16N4S/c1-8-6-10(18-7-8)11-9-4-2-3-5-15-12(9)17-13(14)16-11/h6-7H,2-5H2,1H3,(H3,14,15,16,17). The van der Waals surface area contributed by atoms with Gasteiger partial charge in [0, 0.05) is 12.1 Å². The van der Waals surface area contributed by atoms with Gasteiger partial charge < -0.3 is 11.1 Å². The van der Waals surface area contributed by atoms with Crippen molar-refractivity contribution in [1.29, 1.82) is 0 Å². The van der Waals surface area contributed by atoms with Crippen molar-refractivity contribution in [2.45, 2.75) is 26.2 Å². The molecule has 1 aliphatic rings. The van der Waals surface area contributed by atoms with Crippen LogP contribution in [0.25, 0.3) is 10.6 Å². The molecule has 18 heavy (non-hydrogen) atoms. The first kappa shape index (κ1) is 11.5. The fraction of sp³-hybridized carbons (Fsp3) is 0.385. The van der Waals surface area contributed by atoms with E-state index in [1.807, 2.05) is 0 Å². The zero-order chi connectivity index (χ0) is 12.5. The predicted octanol–water partition coefficient (Wildman–Crippen LogP) is 2.84. The molecule has 2 aromatic rings. The highest BCUT2D eigenvalue weighted by Gasteiger charge is 2.17. The van der Waals surface area contributed by atoms with E-state index in [2.05, 4.69) is 33.7 Å². The summed E-state index contributed by atoms with van der Waals surface area (Å²) in [6.07, 6.45) is 3.36. The number of nitrogen functional groups attached to an aromatic ring is 1. The van der Waals surface area contributed by atoms with Crippen LogP contribution < -0.4 is 11.1 Å². The van der Waals surface area contributed by atoms with Gasteiger partial charge in [-0.2, -0.15) is 4.98 Å². The topological polar surface area (TPSA) is 63.8 Å². The fourth-order valence-electron chi connectivity index (χ4n) is 2.28. The van der Waals surface area contributed by atoms with E-state index >= 15 is 0 Å². The molecule has 0 unspecified atom stereocenters. The normalized spacial score (nSPS) is 14.7. The summed E-state index contributed by atoms with van der Waals surface area (Å²) < 4.78 is 0. The molecule has 0 fully saturated rings. The van der Waals surface area contributed by atoms with E-state index in [9.17, 15) is 0 Å². The maximum atomic E-state index is 5.82. The molecule has 0 spiro atoms. The Kier molecular flexibility index (Phi) is 2.91. The Bertz CT molecular complexity index is 576. The monoisotopic (exact) mass is 260 g/mol. The van der Waals surface area contributed by atoms with Crippen LogP contribution in [0.1, 0.15) is 24.0 Å². The van der Waals surface area contributed by atoms with Crippen molar-refractivity contribution in [2.75, 3.05) is 17.6 Å². The van der Waals surface area contributed by atoms with Crippen molar-refractivity contribution >= 4 is 23.1 Å². The van der Waals surface area contributed by atoms with Gasteiger partial charge in [-0.05, 0) is 43.2 Å². The van der Waals surface area contributed by atoms with Crippen molar-refractivity contribution < 1.29 is 0 Å². The zero-order valence-electron chi connectivity index (χ0n) is 10.4. The number of hydrogen-bond acceptors (Lipinski definition) is 5. The maximum absolute atomic E-state index is 5.82. The van der Waals surface area contributed by atoms with Crippen LogP contribution in [-0.2, 0) is 6.42 Å². The van der Waals surface area contributed by atoms with Crippen LogP contribution in [0.15, 0.2) is 11.4 Å². The van der Waals surface area contributed by atoms with Gasteiger partial charge in [-0.1, -0.05) is 0 Å². The summed E-state index contributed by atoms with van der Waals surface area (Å²) in [4.78, 5) is 9.96. The van der Waals surface area contributed by atoms with Gasteiger partial charge in [-0.25, -0.2) is 4.98 Å². The molecule has 5 heteroatoms. The summed E-state index contributed by atoms with van der Waals surface area (Å²) >= 11 is 1.72. The van der Waals surface area contributed by atoms with Crippen LogP contribution in [-0.4, -0.2) is 16.5 Å². The number of aryl methyl sites for hydroxylation is 1. The fourth-order valence-corrected chi connectivity index (χ4v) is 3.19. The predicted molar refractivity (Wildman–Crippen MR) is 75.9 cm³/mol. The highest BCUT2D eigenvalue weighted by molar-refractivity contribution is 7.13. The van der Waals surface area contributed by atoms with E-state index in [0.29, 0.717) is 5.95 Å². The van der Waals surface area contributed by atoms with Crippen LogP contribution in [0, 0.1) is 6.92 Å². The second-order valence-electron chi connectivity index (χ2n) is 4.63. The van der Waals surface area contributed by atoms with Gasteiger partial charge in [-0.15, -0.1) is 11.3 Å². The molecule has 0 radical (unpaired) electrons. The molecule has 0 aromatic carbocycles. The Hall–Kier alpha value is -1.62. The third-order valence-electron chi connectivity index (χ3n) is 3.13. The Morgan fingerprint density at radius 2 is 2.22 bits per heavy atom. The van der Waals surface area contributed by atoms with Crippen LogP contribution in [0.4, 0.5) is 11.8 Å². The van der Waals surface area contributed by atoms with Crippen molar-refractivity contribution in [3.63, 3.8) is 0 Å². The molecule has 94 valence electrons. The van der Waals surface area contributed by atoms with Gasteiger partial charge >= 0.3 is 0 Å². The van der Waals surface area contributed by atoms with Gasteiger partial charge in [0.05, 0.1) is 10.6 Å². The summed E-state index contributed by atoms with van der Waals surface area (Å²) in [7, 11) is 0. The number of aromatic nitrogens is 2. The Morgan fingerprint density at radius 1 is 1.33 bits per heavy atom. The van der Waals surface area contributed by atoms with E-state index in [1.54, 1.807) is 11.3 Å². The van der Waals surface area contributed by atoms with Crippen molar-refractivity contribution in [3.8, 4) is 10.6 Å². The average molecular weight is 260 g/mol. The van der Waals surface area contributed by atoms with Gasteiger partial charge in [0.15, 0.2) is 0 Å². The number of fused-ring (bicyclic) bond motifs is 1. The molecule has 3 heterocycles. The maximum Gasteiger partial charge on any atom is 0.222 e. The lowest BCUT2D eigenvalue weighted by molar-refractivity contribution is 0.785. The Morgan fingerprint density at radius 3 is 3.00 bits per heavy atom. The molecule has 0 atom stereocenters. The first-order chi connectivity index (χ1) is 8.74. The number of anilines is 2. The number of nitrogens with zero attached hydrogens (tertiary/aromatic N) is 2. The molecule has 1 aliphatic heterocycles. The minimum atomic E-state index is 0.351. The van der Waals surface area contributed by atoms with Crippen LogP contribution in [0.5, 0.6) is 0 Å². The summed E-state index contributed by atoms with van der Waals surface area (Å²) in [6, 6.07) is 2.16. The molecule has 0 aliphatic carbocycles. The van der Waals surface area contributed by atoms with Crippen LogP contribution in [0.2, 0.25) is 0 Å². The SMILES string of the molecule is Cc1csc(-c2nc(N)nc3c2CCCCN3)c1. The second kappa shape index (κ2) is 4.57. The number of thiophene rings is 1. The van der Waals surface area contributed by atoms with Crippen LogP contribution >= 0.6 is 11.3 Å². The highest BCUT2D eigenvalue weighted by Crippen LogP contribution is 2.33. The number of rotatable bonds is 1. The van der Waals surface area contributed by atoms with Crippen LogP contribution in [0.3, 0.4) is 0 Å². The molecule has 3 N–H and O–H groups in total. The van der Waals surface area contributed by atoms with Gasteiger partial charge in [0.25, 0.3) is 0 Å². The zero-order valence-corrected chi connectivity index (χ0v) is 11.2. The smallest absolute Gasteiger partial charge is 0.222 e. The van der Waals surface area contributed by atoms with Gasteiger partial charge in [-0.3, -0.25) is 0 Å². The Balaban J connectivity index is 2.16. The van der Waals surface area contributed by atoms with Crippen molar-refractivity contribution in [2.24, 2.45) is 0 Å². The van der Waals surface area contributed by atoms with Gasteiger partial charge in [0.2, 0.25) is 5.95 Å². The minimum absolute atomic E-state index is 0.351.